The molecule has 0 spiro atoms. The highest BCUT2D eigenvalue weighted by molar-refractivity contribution is 6.02. The van der Waals surface area contributed by atoms with Crippen molar-refractivity contribution in [2.24, 2.45) is 0 Å². The third kappa shape index (κ3) is 3.72. The minimum absolute atomic E-state index is 0.134. The summed E-state index contributed by atoms with van der Waals surface area (Å²) in [5, 5.41) is 15.6. The predicted molar refractivity (Wildman–Crippen MR) is 97.7 cm³/mol. The molecule has 0 aromatic heterocycles. The molecule has 0 atom stereocenters. The van der Waals surface area contributed by atoms with Crippen LogP contribution in [0.15, 0.2) is 60.7 Å². The molecule has 26 heavy (non-hydrogen) atoms. The second-order valence-electron chi connectivity index (χ2n) is 5.46. The van der Waals surface area contributed by atoms with Crippen LogP contribution in [-0.2, 0) is 4.79 Å². The molecule has 0 aliphatic rings. The lowest BCUT2D eigenvalue weighted by Gasteiger charge is -2.12. The van der Waals surface area contributed by atoms with E-state index in [0.717, 1.165) is 10.8 Å². The van der Waals surface area contributed by atoms with Gasteiger partial charge in [0.1, 0.15) is 0 Å². The number of methoxy groups -OCH3 is 1. The number of carbonyl (C=O) groups excluding carboxylic acids is 1. The lowest BCUT2D eigenvalue weighted by atomic mass is 10.1. The molecule has 0 fully saturated rings. The Morgan fingerprint density at radius 3 is 2.62 bits per heavy atom. The quantitative estimate of drug-likeness (QED) is 0.538. The molecule has 1 N–H and O–H groups in total. The Morgan fingerprint density at radius 2 is 1.85 bits per heavy atom. The van der Waals surface area contributed by atoms with Crippen molar-refractivity contribution in [2.45, 2.75) is 0 Å². The van der Waals surface area contributed by atoms with Crippen LogP contribution in [0.1, 0.15) is 0 Å². The Morgan fingerprint density at radius 1 is 1.08 bits per heavy atom. The Labute approximate surface area is 149 Å². The molecule has 0 saturated heterocycles. The number of nitro groups is 1. The maximum absolute atomic E-state index is 12.2. The summed E-state index contributed by atoms with van der Waals surface area (Å²) >= 11 is 0. The predicted octanol–water partition coefficient (Wildman–Crippen LogP) is 3.77. The van der Waals surface area contributed by atoms with Crippen LogP contribution in [0.4, 0.5) is 11.4 Å². The molecule has 0 bridgehead atoms. The van der Waals surface area contributed by atoms with E-state index in [1.54, 1.807) is 6.07 Å². The molecule has 0 saturated carbocycles. The highest BCUT2D eigenvalue weighted by atomic mass is 16.6. The largest absolute Gasteiger partial charge is 0.493 e. The van der Waals surface area contributed by atoms with E-state index in [1.807, 2.05) is 36.4 Å². The van der Waals surface area contributed by atoms with Gasteiger partial charge < -0.3 is 14.8 Å². The van der Waals surface area contributed by atoms with E-state index < -0.39 is 4.92 Å². The maximum atomic E-state index is 12.2. The van der Waals surface area contributed by atoms with Gasteiger partial charge >= 0.3 is 0 Å². The first-order valence-corrected chi connectivity index (χ1v) is 7.81. The number of hydrogen-bond acceptors (Lipinski definition) is 5. The van der Waals surface area contributed by atoms with Crippen molar-refractivity contribution in [3.05, 3.63) is 70.8 Å². The van der Waals surface area contributed by atoms with Crippen molar-refractivity contribution in [1.29, 1.82) is 0 Å². The van der Waals surface area contributed by atoms with Crippen molar-refractivity contribution in [2.75, 3.05) is 19.0 Å². The van der Waals surface area contributed by atoms with Gasteiger partial charge in [-0.15, -0.1) is 0 Å². The smallest absolute Gasteiger partial charge is 0.273 e. The zero-order chi connectivity index (χ0) is 18.5. The lowest BCUT2D eigenvalue weighted by Crippen LogP contribution is -2.20. The highest BCUT2D eigenvalue weighted by Crippen LogP contribution is 2.31. The second-order valence-corrected chi connectivity index (χ2v) is 5.46. The topological polar surface area (TPSA) is 90.7 Å². The number of benzene rings is 3. The Kier molecular flexibility index (Phi) is 4.98. The molecule has 7 heteroatoms. The van der Waals surface area contributed by atoms with Gasteiger partial charge in [-0.1, -0.05) is 36.4 Å². The summed E-state index contributed by atoms with van der Waals surface area (Å²) in [5.41, 5.74) is 0.526. The van der Waals surface area contributed by atoms with Gasteiger partial charge in [-0.25, -0.2) is 0 Å². The van der Waals surface area contributed by atoms with Crippen LogP contribution in [0.25, 0.3) is 10.8 Å². The first kappa shape index (κ1) is 17.2. The molecule has 1 amide bonds. The van der Waals surface area contributed by atoms with Crippen LogP contribution >= 0.6 is 0 Å². The standard InChI is InChI=1S/C19H16N2O5/c1-25-17-10-9-14(21(23)24)11-18(17)26-12-19(22)20-16-8-4-6-13-5-2-3-7-15(13)16/h2-11H,12H2,1H3,(H,20,22). The Bertz CT molecular complexity index is 966. The number of nitro benzene ring substituents is 1. The van der Waals surface area contributed by atoms with Crippen LogP contribution in [0.3, 0.4) is 0 Å². The number of rotatable bonds is 6. The minimum atomic E-state index is -0.539. The first-order chi connectivity index (χ1) is 12.6. The maximum Gasteiger partial charge on any atom is 0.273 e. The number of hydrogen-bond donors (Lipinski definition) is 1. The number of carbonyl (C=O) groups is 1. The number of fused-ring (bicyclic) bond motifs is 1. The van der Waals surface area contributed by atoms with Gasteiger partial charge in [0, 0.05) is 17.1 Å². The van der Waals surface area contributed by atoms with Crippen LogP contribution in [0, 0.1) is 10.1 Å². The van der Waals surface area contributed by atoms with Gasteiger partial charge in [0.25, 0.3) is 11.6 Å². The normalized spacial score (nSPS) is 10.3. The van der Waals surface area contributed by atoms with Gasteiger partial charge in [0.2, 0.25) is 0 Å². The van der Waals surface area contributed by atoms with E-state index in [2.05, 4.69) is 5.32 Å². The van der Waals surface area contributed by atoms with Crippen LogP contribution in [0.2, 0.25) is 0 Å². The van der Waals surface area contributed by atoms with Crippen molar-refractivity contribution in [3.8, 4) is 11.5 Å². The molecule has 7 nitrogen and oxygen atoms in total. The summed E-state index contributed by atoms with van der Waals surface area (Å²) in [6, 6.07) is 17.2. The van der Waals surface area contributed by atoms with Gasteiger partial charge in [-0.2, -0.15) is 0 Å². The Balaban J connectivity index is 1.73. The zero-order valence-electron chi connectivity index (χ0n) is 14.0. The molecule has 3 rings (SSSR count). The van der Waals surface area contributed by atoms with Gasteiger partial charge in [0.05, 0.1) is 18.1 Å². The first-order valence-electron chi connectivity index (χ1n) is 7.81. The molecule has 3 aromatic carbocycles. The molecule has 0 aliphatic carbocycles. The van der Waals surface area contributed by atoms with Crippen molar-refractivity contribution in [3.63, 3.8) is 0 Å². The summed E-state index contributed by atoms with van der Waals surface area (Å²) in [4.78, 5) is 22.6. The molecule has 0 radical (unpaired) electrons. The van der Waals surface area contributed by atoms with Crippen LogP contribution in [-0.4, -0.2) is 24.5 Å². The summed E-state index contributed by atoms with van der Waals surface area (Å²) < 4.78 is 10.5. The number of amides is 1. The SMILES string of the molecule is COc1ccc([N+](=O)[O-])cc1OCC(=O)Nc1cccc2ccccc12. The third-order valence-corrected chi connectivity index (χ3v) is 3.78. The summed E-state index contributed by atoms with van der Waals surface area (Å²) in [5.74, 6) is 0.0678. The molecular formula is C19H16N2O5. The summed E-state index contributed by atoms with van der Waals surface area (Å²) in [7, 11) is 1.42. The fourth-order valence-corrected chi connectivity index (χ4v) is 2.56. The number of non-ortho nitro benzene ring substituents is 1. The van der Waals surface area contributed by atoms with Crippen LogP contribution < -0.4 is 14.8 Å². The fourth-order valence-electron chi connectivity index (χ4n) is 2.56. The van der Waals surface area contributed by atoms with E-state index in [-0.39, 0.29) is 24.0 Å². The highest BCUT2D eigenvalue weighted by Gasteiger charge is 2.14. The van der Waals surface area contributed by atoms with E-state index in [9.17, 15) is 14.9 Å². The van der Waals surface area contributed by atoms with Gasteiger partial charge in [-0.05, 0) is 17.5 Å². The zero-order valence-corrected chi connectivity index (χ0v) is 14.0. The average Bonchev–Trinajstić information content (AvgIpc) is 2.66. The molecule has 132 valence electrons. The minimum Gasteiger partial charge on any atom is -0.493 e. The van der Waals surface area contributed by atoms with E-state index in [1.165, 1.54) is 25.3 Å². The molecule has 3 aromatic rings. The van der Waals surface area contributed by atoms with Gasteiger partial charge in [-0.3, -0.25) is 14.9 Å². The molecule has 0 unspecified atom stereocenters. The number of nitrogens with zero attached hydrogens (tertiary/aromatic N) is 1. The molecular weight excluding hydrogens is 336 g/mol. The monoisotopic (exact) mass is 352 g/mol. The van der Waals surface area contributed by atoms with Crippen molar-refractivity contribution in [1.82, 2.24) is 0 Å². The molecule has 0 heterocycles. The number of ether oxygens (including phenoxy) is 2. The number of nitrogens with one attached hydrogen (secondary N) is 1. The molecule has 0 aliphatic heterocycles. The lowest BCUT2D eigenvalue weighted by molar-refractivity contribution is -0.385. The average molecular weight is 352 g/mol. The summed E-state index contributed by atoms with van der Waals surface area (Å²) in [6.07, 6.45) is 0. The van der Waals surface area contributed by atoms with Crippen molar-refractivity contribution < 1.29 is 19.2 Å². The number of anilines is 1. The van der Waals surface area contributed by atoms with E-state index >= 15 is 0 Å². The summed E-state index contributed by atoms with van der Waals surface area (Å²) in [6.45, 7) is -0.305. The Hall–Kier alpha value is -3.61. The second kappa shape index (κ2) is 7.52. The fraction of sp³-hybridized carbons (Fsp3) is 0.105. The van der Waals surface area contributed by atoms with E-state index in [4.69, 9.17) is 9.47 Å². The van der Waals surface area contributed by atoms with Crippen molar-refractivity contribution >= 4 is 28.1 Å². The van der Waals surface area contributed by atoms with Gasteiger partial charge in [0.15, 0.2) is 18.1 Å². The third-order valence-electron chi connectivity index (χ3n) is 3.78. The van der Waals surface area contributed by atoms with E-state index in [0.29, 0.717) is 11.4 Å². The van der Waals surface area contributed by atoms with Crippen LogP contribution in [0.5, 0.6) is 11.5 Å².